The molecule has 1 amide bonds. The van der Waals surface area contributed by atoms with Gasteiger partial charge in [-0.2, -0.15) is 17.5 Å². The van der Waals surface area contributed by atoms with Gasteiger partial charge in [0.2, 0.25) is 15.9 Å². The summed E-state index contributed by atoms with van der Waals surface area (Å²) >= 11 is 0. The molecule has 3 aliphatic rings. The molecule has 2 aromatic heterocycles. The summed E-state index contributed by atoms with van der Waals surface area (Å²) in [7, 11) is -3.91. The highest BCUT2D eigenvalue weighted by Gasteiger charge is 2.51. The van der Waals surface area contributed by atoms with Gasteiger partial charge < -0.3 is 15.7 Å². The monoisotopic (exact) mass is 573 g/mol. The van der Waals surface area contributed by atoms with E-state index in [1.54, 1.807) is 18.3 Å². The molecule has 1 aliphatic carbocycles. The molecule has 6 rings (SSSR count). The number of rotatable bonds is 5. The first kappa shape index (κ1) is 26.7. The number of nitrogens with one attached hydrogen (secondary N) is 2. The number of aliphatic hydroxyl groups excluding tert-OH is 1. The number of alkyl halides is 3. The van der Waals surface area contributed by atoms with Crippen LogP contribution in [0.3, 0.4) is 0 Å². The fraction of sp³-hybridized carbons (Fsp3) is 0.370. The van der Waals surface area contributed by atoms with Gasteiger partial charge in [0.05, 0.1) is 28.0 Å². The third-order valence-corrected chi connectivity index (χ3v) is 9.95. The number of aliphatic hydroxyl groups is 1. The zero-order valence-corrected chi connectivity index (χ0v) is 22.0. The number of carbonyl (C=O) groups is 1. The lowest BCUT2D eigenvalue weighted by Gasteiger charge is -2.36. The number of carbonyl (C=O) groups excluding carboxylic acids is 1. The average Bonchev–Trinajstić information content (AvgIpc) is 3.21. The Bertz CT molecular complexity index is 1560. The number of pyridine rings is 2. The van der Waals surface area contributed by atoms with Gasteiger partial charge in [-0.3, -0.25) is 4.79 Å². The fourth-order valence-electron chi connectivity index (χ4n) is 5.56. The quantitative estimate of drug-likeness (QED) is 0.425. The molecule has 2 aliphatic heterocycles. The second-order valence-corrected chi connectivity index (χ2v) is 12.4. The number of halogens is 3. The number of hydrogen-bond donors (Lipinski definition) is 3. The van der Waals surface area contributed by atoms with Crippen molar-refractivity contribution in [2.45, 2.75) is 54.3 Å². The Morgan fingerprint density at radius 2 is 1.80 bits per heavy atom. The van der Waals surface area contributed by atoms with Gasteiger partial charge in [0.1, 0.15) is 11.6 Å². The Balaban J connectivity index is 1.13. The van der Waals surface area contributed by atoms with Gasteiger partial charge in [-0.1, -0.05) is 18.6 Å². The summed E-state index contributed by atoms with van der Waals surface area (Å²) in [6.45, 7) is -0.0719. The number of aromatic nitrogens is 2. The first-order valence-electron chi connectivity index (χ1n) is 12.9. The highest BCUT2D eigenvalue weighted by molar-refractivity contribution is 7.89. The number of anilines is 2. The minimum atomic E-state index is -4.50. The molecule has 9 nitrogen and oxygen atoms in total. The van der Waals surface area contributed by atoms with Crippen LogP contribution in [0.25, 0.3) is 11.1 Å². The van der Waals surface area contributed by atoms with Crippen molar-refractivity contribution in [3.63, 3.8) is 0 Å². The molecule has 3 aromatic rings. The van der Waals surface area contributed by atoms with E-state index in [2.05, 4.69) is 20.6 Å². The van der Waals surface area contributed by atoms with E-state index >= 15 is 0 Å². The van der Waals surface area contributed by atoms with Crippen molar-refractivity contribution < 1.29 is 31.5 Å². The maximum absolute atomic E-state index is 13.3. The van der Waals surface area contributed by atoms with E-state index in [1.165, 1.54) is 22.5 Å². The van der Waals surface area contributed by atoms with E-state index in [4.69, 9.17) is 0 Å². The van der Waals surface area contributed by atoms with E-state index < -0.39 is 39.3 Å². The molecule has 40 heavy (non-hydrogen) atoms. The summed E-state index contributed by atoms with van der Waals surface area (Å²) < 4.78 is 66.1. The highest BCUT2D eigenvalue weighted by atomic mass is 32.2. The zero-order chi connectivity index (χ0) is 28.3. The summed E-state index contributed by atoms with van der Waals surface area (Å²) in [6, 6.07) is 9.83. The first-order chi connectivity index (χ1) is 19.0. The number of amides is 1. The van der Waals surface area contributed by atoms with Gasteiger partial charge >= 0.3 is 6.18 Å². The minimum Gasteiger partial charge on any atom is -0.390 e. The second kappa shape index (κ2) is 9.53. The molecule has 1 spiro atoms. The molecule has 1 aromatic carbocycles. The summed E-state index contributed by atoms with van der Waals surface area (Å²) in [5, 5.41) is 16.4. The SMILES string of the molecule is O=C1Nc2ncc(-c3ccc(S(=O)(=O)N4CC[C@@H](Nc5ccc(C(F)(F)F)cn5)[C@@H](O)C4)cc3)cc2C12CCC2. The van der Waals surface area contributed by atoms with Gasteiger partial charge in [0.25, 0.3) is 0 Å². The summed E-state index contributed by atoms with van der Waals surface area (Å²) in [4.78, 5) is 20.7. The molecule has 1 saturated carbocycles. The Labute approximate surface area is 228 Å². The Morgan fingerprint density at radius 1 is 1.05 bits per heavy atom. The maximum Gasteiger partial charge on any atom is 0.417 e. The molecule has 4 heterocycles. The predicted molar refractivity (Wildman–Crippen MR) is 140 cm³/mol. The molecular weight excluding hydrogens is 547 g/mol. The molecule has 0 unspecified atom stereocenters. The van der Waals surface area contributed by atoms with Crippen LogP contribution in [0.4, 0.5) is 24.8 Å². The molecule has 1 saturated heterocycles. The fourth-order valence-corrected chi connectivity index (χ4v) is 7.03. The van der Waals surface area contributed by atoms with Crippen LogP contribution in [-0.2, 0) is 26.4 Å². The van der Waals surface area contributed by atoms with Crippen molar-refractivity contribution in [3.8, 4) is 11.1 Å². The van der Waals surface area contributed by atoms with Crippen LogP contribution in [0.15, 0.2) is 59.8 Å². The minimum absolute atomic E-state index is 0.0170. The Kier molecular flexibility index (Phi) is 6.35. The number of piperidine rings is 1. The lowest BCUT2D eigenvalue weighted by molar-refractivity contribution is -0.137. The summed E-state index contributed by atoms with van der Waals surface area (Å²) in [5.41, 5.74) is 1.04. The standard InChI is InChI=1S/C27H26F3N5O4S/c28-27(29,30)18-4-7-23(31-14-18)33-21-8-11-35(15-22(21)36)40(38,39)19-5-2-16(3-6-19)17-12-20-24(32-13-17)34-25(37)26(20)9-1-10-26/h2-7,12-14,21-22,36H,1,8-11,15H2,(H,31,33)(H,32,34,37)/t21-,22+/m1/s1. The lowest BCUT2D eigenvalue weighted by Crippen LogP contribution is -2.51. The molecule has 13 heteroatoms. The summed E-state index contributed by atoms with van der Waals surface area (Å²) in [6.07, 6.45) is -0.454. The van der Waals surface area contributed by atoms with Gasteiger partial charge in [0, 0.05) is 36.6 Å². The van der Waals surface area contributed by atoms with Gasteiger partial charge in [-0.15, -0.1) is 0 Å². The predicted octanol–water partition coefficient (Wildman–Crippen LogP) is 3.77. The molecular formula is C27H26F3N5O4S. The number of β-amino-alcohol motifs (C(OH)–C–C–N with tert-alkyl or cyclic N) is 1. The van der Waals surface area contributed by atoms with Crippen LogP contribution >= 0.6 is 0 Å². The van der Waals surface area contributed by atoms with Crippen LogP contribution in [0, 0.1) is 0 Å². The average molecular weight is 574 g/mol. The van der Waals surface area contributed by atoms with Crippen molar-refractivity contribution in [1.82, 2.24) is 14.3 Å². The maximum atomic E-state index is 13.3. The van der Waals surface area contributed by atoms with Gasteiger partial charge in [0.15, 0.2) is 0 Å². The van der Waals surface area contributed by atoms with E-state index in [0.717, 1.165) is 42.0 Å². The molecule has 2 atom stereocenters. The van der Waals surface area contributed by atoms with Crippen LogP contribution in [0.1, 0.15) is 36.8 Å². The van der Waals surface area contributed by atoms with E-state index in [9.17, 15) is 31.5 Å². The third-order valence-electron chi connectivity index (χ3n) is 8.07. The molecule has 210 valence electrons. The van der Waals surface area contributed by atoms with E-state index in [0.29, 0.717) is 12.0 Å². The van der Waals surface area contributed by atoms with Gasteiger partial charge in [-0.05, 0) is 55.2 Å². The smallest absolute Gasteiger partial charge is 0.390 e. The number of nitrogens with zero attached hydrogens (tertiary/aromatic N) is 3. The number of benzene rings is 1. The van der Waals surface area contributed by atoms with Crippen LogP contribution in [-0.4, -0.2) is 58.9 Å². The van der Waals surface area contributed by atoms with Crippen LogP contribution < -0.4 is 10.6 Å². The van der Waals surface area contributed by atoms with Crippen molar-refractivity contribution in [3.05, 3.63) is 66.0 Å². The Morgan fingerprint density at radius 3 is 2.40 bits per heavy atom. The second-order valence-electron chi connectivity index (χ2n) is 10.4. The van der Waals surface area contributed by atoms with Gasteiger partial charge in [-0.25, -0.2) is 18.4 Å². The molecule has 2 fully saturated rings. The summed E-state index contributed by atoms with van der Waals surface area (Å²) in [5.74, 6) is 0.725. The van der Waals surface area contributed by atoms with E-state index in [1.807, 2.05) is 6.07 Å². The normalized spacial score (nSPS) is 22.4. The van der Waals surface area contributed by atoms with Crippen molar-refractivity contribution >= 4 is 27.6 Å². The number of sulfonamides is 1. The molecule has 3 N–H and O–H groups in total. The highest BCUT2D eigenvalue weighted by Crippen LogP contribution is 2.51. The molecule has 0 radical (unpaired) electrons. The largest absolute Gasteiger partial charge is 0.417 e. The Hall–Kier alpha value is -3.55. The van der Waals surface area contributed by atoms with Crippen molar-refractivity contribution in [2.24, 2.45) is 0 Å². The first-order valence-corrected chi connectivity index (χ1v) is 14.3. The number of hydrogen-bond acceptors (Lipinski definition) is 7. The number of fused-ring (bicyclic) bond motifs is 2. The van der Waals surface area contributed by atoms with E-state index in [-0.39, 0.29) is 36.1 Å². The van der Waals surface area contributed by atoms with Crippen molar-refractivity contribution in [1.29, 1.82) is 0 Å². The zero-order valence-electron chi connectivity index (χ0n) is 21.1. The lowest BCUT2D eigenvalue weighted by atomic mass is 9.65. The van der Waals surface area contributed by atoms with Crippen LogP contribution in [0.5, 0.6) is 0 Å². The third kappa shape index (κ3) is 4.51. The van der Waals surface area contributed by atoms with Crippen molar-refractivity contribution in [2.75, 3.05) is 23.7 Å². The van der Waals surface area contributed by atoms with Crippen LogP contribution in [0.2, 0.25) is 0 Å². The molecule has 0 bridgehead atoms. The topological polar surface area (TPSA) is 125 Å².